The van der Waals surface area contributed by atoms with Crippen LogP contribution in [0.3, 0.4) is 0 Å². The number of hydrogen-bond acceptors (Lipinski definition) is 10. The summed E-state index contributed by atoms with van der Waals surface area (Å²) in [5.74, 6) is 0.495. The second-order valence-electron chi connectivity index (χ2n) is 14.8. The Morgan fingerprint density at radius 2 is 1.21 bits per heavy atom. The third-order valence-corrected chi connectivity index (χ3v) is 12.6. The number of carbonyl (C=O) groups excluding carboxylic acids is 2. The number of thiocarbonyl (C=S) groups is 1. The smallest absolute Gasteiger partial charge is 0.261 e. The average Bonchev–Trinajstić information content (AvgIpc) is 3.27. The fourth-order valence-electron chi connectivity index (χ4n) is 7.76. The molecule has 300 valence electrons. The van der Waals surface area contributed by atoms with E-state index in [2.05, 4.69) is 68.0 Å². The van der Waals surface area contributed by atoms with Crippen LogP contribution in [0.25, 0.3) is 10.8 Å². The van der Waals surface area contributed by atoms with Crippen LogP contribution in [0.4, 0.5) is 0 Å². The van der Waals surface area contributed by atoms with E-state index in [-0.39, 0.29) is 11.8 Å². The number of likely N-dealkylation sites (N-methyl/N-ethyl adjacent to an activating group) is 1. The van der Waals surface area contributed by atoms with Gasteiger partial charge in [-0.3, -0.25) is 14.5 Å². The molecule has 4 aliphatic rings. The SMILES string of the molecule is CN1CCNCC1.N#CC(CCSC(=S)N1CCNCC1)(c1ccccc1)c1ccccc1.O=C1c2cccc3cccc(c23)C(=O)N1CCCN1CCNCC1. The van der Waals surface area contributed by atoms with Gasteiger partial charge in [-0.2, -0.15) is 5.26 Å². The van der Waals surface area contributed by atoms with Crippen molar-refractivity contribution in [2.75, 3.05) is 104 Å². The van der Waals surface area contributed by atoms with Gasteiger partial charge in [0.1, 0.15) is 9.74 Å². The molecule has 0 spiro atoms. The molecule has 4 aromatic rings. The van der Waals surface area contributed by atoms with Crippen LogP contribution in [0.5, 0.6) is 0 Å². The zero-order valence-corrected chi connectivity index (χ0v) is 34.8. The Hall–Kier alpha value is -4.19. The fourth-order valence-corrected chi connectivity index (χ4v) is 9.14. The van der Waals surface area contributed by atoms with Crippen molar-refractivity contribution in [1.29, 1.82) is 5.26 Å². The van der Waals surface area contributed by atoms with Crippen LogP contribution in [0, 0.1) is 11.3 Å². The van der Waals surface area contributed by atoms with Crippen molar-refractivity contribution >= 4 is 50.9 Å². The van der Waals surface area contributed by atoms with Gasteiger partial charge in [0.15, 0.2) is 0 Å². The number of piperazine rings is 3. The van der Waals surface area contributed by atoms with Crippen LogP contribution in [-0.4, -0.2) is 140 Å². The van der Waals surface area contributed by atoms with Gasteiger partial charge in [-0.1, -0.05) is 109 Å². The zero-order valence-electron chi connectivity index (χ0n) is 33.1. The molecule has 0 radical (unpaired) electrons. The van der Waals surface area contributed by atoms with Gasteiger partial charge in [0, 0.05) is 107 Å². The summed E-state index contributed by atoms with van der Waals surface area (Å²) >= 11 is 7.30. The normalized spacial score (nSPS) is 17.5. The van der Waals surface area contributed by atoms with E-state index >= 15 is 0 Å². The maximum absolute atomic E-state index is 12.8. The molecule has 2 amide bonds. The molecule has 0 aliphatic carbocycles. The van der Waals surface area contributed by atoms with Gasteiger partial charge >= 0.3 is 0 Å². The Morgan fingerprint density at radius 1 is 0.702 bits per heavy atom. The summed E-state index contributed by atoms with van der Waals surface area (Å²) < 4.78 is 0.944. The fraction of sp³-hybridized carbons (Fsp3) is 0.422. The van der Waals surface area contributed by atoms with Crippen molar-refractivity contribution in [3.8, 4) is 6.07 Å². The lowest BCUT2D eigenvalue weighted by Gasteiger charge is -2.31. The van der Waals surface area contributed by atoms with Gasteiger partial charge in [-0.25, -0.2) is 0 Å². The number of thioether (sulfide) groups is 1. The highest BCUT2D eigenvalue weighted by molar-refractivity contribution is 8.22. The van der Waals surface area contributed by atoms with Gasteiger partial charge in [0.25, 0.3) is 11.8 Å². The number of hydrogen-bond donors (Lipinski definition) is 3. The summed E-state index contributed by atoms with van der Waals surface area (Å²) in [7, 11) is 2.15. The van der Waals surface area contributed by atoms with Crippen molar-refractivity contribution < 1.29 is 9.59 Å². The summed E-state index contributed by atoms with van der Waals surface area (Å²) in [6, 6.07) is 34.1. The van der Waals surface area contributed by atoms with E-state index in [9.17, 15) is 14.9 Å². The highest BCUT2D eigenvalue weighted by Gasteiger charge is 2.35. The van der Waals surface area contributed by atoms with Crippen molar-refractivity contribution in [3.63, 3.8) is 0 Å². The van der Waals surface area contributed by atoms with Crippen LogP contribution in [0.15, 0.2) is 97.1 Å². The molecule has 4 heterocycles. The molecule has 4 aromatic carbocycles. The van der Waals surface area contributed by atoms with Crippen molar-refractivity contribution in [3.05, 3.63) is 119 Å². The van der Waals surface area contributed by atoms with Gasteiger partial charge in [-0.15, -0.1) is 0 Å². The molecule has 3 N–H and O–H groups in total. The number of nitrogens with zero attached hydrogens (tertiary/aromatic N) is 5. The van der Waals surface area contributed by atoms with Gasteiger partial charge < -0.3 is 30.7 Å². The first kappa shape index (κ1) is 42.4. The monoisotopic (exact) mass is 804 g/mol. The predicted octanol–water partition coefficient (Wildman–Crippen LogP) is 5.06. The lowest BCUT2D eigenvalue weighted by Crippen LogP contribution is -2.45. The molecule has 0 unspecified atom stereocenters. The molecule has 4 aliphatic heterocycles. The van der Waals surface area contributed by atoms with Crippen molar-refractivity contribution in [2.45, 2.75) is 18.3 Å². The third-order valence-electron chi connectivity index (χ3n) is 11.1. The summed E-state index contributed by atoms with van der Waals surface area (Å²) in [5, 5.41) is 21.9. The molecule has 12 heteroatoms. The van der Waals surface area contributed by atoms with E-state index in [1.54, 1.807) is 11.8 Å². The number of carbonyl (C=O) groups is 2. The minimum atomic E-state index is -0.644. The predicted molar refractivity (Wildman–Crippen MR) is 237 cm³/mol. The quantitative estimate of drug-likeness (QED) is 0.156. The van der Waals surface area contributed by atoms with Crippen molar-refractivity contribution in [2.24, 2.45) is 0 Å². The molecular weight excluding hydrogens is 749 g/mol. The first-order chi connectivity index (χ1) is 27.9. The molecular formula is C45H56N8O2S2. The van der Waals surface area contributed by atoms with E-state index in [0.717, 1.165) is 117 Å². The Morgan fingerprint density at radius 3 is 1.70 bits per heavy atom. The molecule has 0 atom stereocenters. The van der Waals surface area contributed by atoms with Gasteiger partial charge in [0.2, 0.25) is 0 Å². The largest absolute Gasteiger partial charge is 0.355 e. The minimum absolute atomic E-state index is 0.162. The summed E-state index contributed by atoms with van der Waals surface area (Å²) in [4.78, 5) is 33.9. The Labute approximate surface area is 347 Å². The molecule has 0 aromatic heterocycles. The average molecular weight is 805 g/mol. The number of nitriles is 1. The first-order valence-corrected chi connectivity index (χ1v) is 21.7. The number of imide groups is 1. The molecule has 8 rings (SSSR count). The van der Waals surface area contributed by atoms with Crippen LogP contribution in [-0.2, 0) is 5.41 Å². The standard InChI is InChI=1S/C21H23N3S2.C19H21N3O2.C5H12N2/c22-17-21(18-7-3-1-4-8-18,19-9-5-2-6-10-19)11-16-26-20(25)24-14-12-23-13-15-24;23-18-15-6-1-4-14-5-2-7-16(17(14)15)19(24)22(18)11-3-10-21-12-8-20-9-13-21;1-7-4-2-6-3-5-7/h1-10,23H,11-16H2;1-2,4-7,20H,3,8-13H2;6H,2-5H2,1H3. The second kappa shape index (κ2) is 21.5. The first-order valence-electron chi connectivity index (χ1n) is 20.3. The Kier molecular flexibility index (Phi) is 16.0. The molecule has 3 fully saturated rings. The van der Waals surface area contributed by atoms with Crippen LogP contribution >= 0.6 is 24.0 Å². The van der Waals surface area contributed by atoms with E-state index in [1.165, 1.54) is 18.0 Å². The molecule has 0 saturated carbocycles. The summed E-state index contributed by atoms with van der Waals surface area (Å²) in [6.45, 7) is 14.1. The van der Waals surface area contributed by atoms with Crippen molar-refractivity contribution in [1.82, 2.24) is 35.6 Å². The molecule has 57 heavy (non-hydrogen) atoms. The summed E-state index contributed by atoms with van der Waals surface area (Å²) in [6.07, 6.45) is 1.55. The summed E-state index contributed by atoms with van der Waals surface area (Å²) in [5.41, 5.74) is 2.73. The van der Waals surface area contributed by atoms with Crippen LogP contribution in [0.2, 0.25) is 0 Å². The maximum Gasteiger partial charge on any atom is 0.261 e. The highest BCUT2D eigenvalue weighted by Crippen LogP contribution is 2.36. The Balaban J connectivity index is 0.000000165. The van der Waals surface area contributed by atoms with Gasteiger partial charge in [-0.05, 0) is 55.1 Å². The third kappa shape index (κ3) is 11.1. The topological polar surface area (TPSA) is 107 Å². The van der Waals surface area contributed by atoms with Crippen LogP contribution in [0.1, 0.15) is 44.7 Å². The van der Waals surface area contributed by atoms with E-state index in [1.807, 2.05) is 72.8 Å². The second-order valence-corrected chi connectivity index (χ2v) is 16.5. The number of nitrogens with one attached hydrogen (secondary N) is 3. The Bertz CT molecular complexity index is 1870. The maximum atomic E-state index is 12.8. The molecule has 0 bridgehead atoms. The molecule has 3 saturated heterocycles. The van der Waals surface area contributed by atoms with E-state index in [4.69, 9.17) is 12.2 Å². The number of amides is 2. The zero-order chi connectivity index (χ0) is 39.9. The van der Waals surface area contributed by atoms with Crippen LogP contribution < -0.4 is 16.0 Å². The number of benzene rings is 4. The van der Waals surface area contributed by atoms with Gasteiger partial charge in [0.05, 0.1) is 6.07 Å². The molecule has 10 nitrogen and oxygen atoms in total. The van der Waals surface area contributed by atoms with E-state index < -0.39 is 5.41 Å². The lowest BCUT2D eigenvalue weighted by molar-refractivity contribution is 0.0602. The number of rotatable bonds is 9. The highest BCUT2D eigenvalue weighted by atomic mass is 32.2. The lowest BCUT2D eigenvalue weighted by atomic mass is 9.74. The minimum Gasteiger partial charge on any atom is -0.355 e. The van der Waals surface area contributed by atoms with E-state index in [0.29, 0.717) is 17.7 Å².